The maximum absolute atomic E-state index is 12.7. The first-order valence-corrected chi connectivity index (χ1v) is 11.5. The Bertz CT molecular complexity index is 1380. The molecule has 0 aliphatic carbocycles. The third kappa shape index (κ3) is 4.86. The molecule has 4 rings (SSSR count). The van der Waals surface area contributed by atoms with Crippen LogP contribution in [0.1, 0.15) is 5.56 Å². The molecule has 1 aliphatic heterocycles. The Labute approximate surface area is 188 Å². The van der Waals surface area contributed by atoms with E-state index in [1.54, 1.807) is 12.1 Å². The first-order chi connectivity index (χ1) is 15.7. The van der Waals surface area contributed by atoms with Crippen LogP contribution in [0.3, 0.4) is 0 Å². The molecule has 1 amide bonds. The average molecular weight is 472 g/mol. The Balaban J connectivity index is 1.41. The Hall–Kier alpha value is -3.77. The quantitative estimate of drug-likeness (QED) is 0.393. The van der Waals surface area contributed by atoms with Crippen molar-refractivity contribution in [1.29, 1.82) is 0 Å². The molecule has 0 unspecified atom stereocenters. The van der Waals surface area contributed by atoms with Gasteiger partial charge in [-0.05, 0) is 17.7 Å². The maximum atomic E-state index is 12.7. The first kappa shape index (κ1) is 22.4. The highest BCUT2D eigenvalue weighted by Crippen LogP contribution is 2.20. The number of aromatic nitrogens is 1. The Morgan fingerprint density at radius 1 is 1.09 bits per heavy atom. The number of nitro groups is 1. The summed E-state index contributed by atoms with van der Waals surface area (Å²) in [4.78, 5) is 36.7. The van der Waals surface area contributed by atoms with Gasteiger partial charge in [-0.2, -0.15) is 4.31 Å². The first-order valence-electron chi connectivity index (χ1n) is 10.0. The summed E-state index contributed by atoms with van der Waals surface area (Å²) in [6, 6.07) is 12.8. The lowest BCUT2D eigenvalue weighted by Crippen LogP contribution is -2.51. The van der Waals surface area contributed by atoms with Gasteiger partial charge >= 0.3 is 5.76 Å². The monoisotopic (exact) mass is 472 g/mol. The Morgan fingerprint density at radius 3 is 2.45 bits per heavy atom. The number of hydrogen-bond acceptors (Lipinski definition) is 7. The lowest BCUT2D eigenvalue weighted by atomic mass is 10.2. The number of hydrogen-bond donors (Lipinski definition) is 0. The fraction of sp³-hybridized carbons (Fsp3) is 0.238. The summed E-state index contributed by atoms with van der Waals surface area (Å²) >= 11 is 0. The molecule has 11 nitrogen and oxygen atoms in total. The molecule has 1 fully saturated rings. The van der Waals surface area contributed by atoms with Gasteiger partial charge in [0, 0.05) is 37.7 Å². The number of sulfonamides is 1. The van der Waals surface area contributed by atoms with E-state index in [1.807, 2.05) is 18.2 Å². The van der Waals surface area contributed by atoms with Crippen LogP contribution in [-0.2, 0) is 21.4 Å². The van der Waals surface area contributed by atoms with E-state index in [0.717, 1.165) is 21.6 Å². The van der Waals surface area contributed by atoms with Crippen molar-refractivity contribution >= 4 is 38.8 Å². The van der Waals surface area contributed by atoms with Crippen LogP contribution >= 0.6 is 0 Å². The predicted octanol–water partition coefficient (Wildman–Crippen LogP) is 1.65. The number of rotatable bonds is 6. The van der Waals surface area contributed by atoms with E-state index in [1.165, 1.54) is 27.4 Å². The van der Waals surface area contributed by atoms with E-state index in [0.29, 0.717) is 0 Å². The second-order valence-electron chi connectivity index (χ2n) is 7.40. The minimum Gasteiger partial charge on any atom is -0.407 e. The molecule has 0 N–H and O–H groups in total. The van der Waals surface area contributed by atoms with Gasteiger partial charge in [-0.15, -0.1) is 0 Å². The minimum absolute atomic E-state index is 0.0168. The molecule has 1 aliphatic rings. The molecule has 0 atom stereocenters. The zero-order valence-corrected chi connectivity index (χ0v) is 18.2. The summed E-state index contributed by atoms with van der Waals surface area (Å²) in [5.74, 6) is -1.18. The smallest absolute Gasteiger partial charge is 0.407 e. The minimum atomic E-state index is -3.64. The van der Waals surface area contributed by atoms with E-state index in [2.05, 4.69) is 0 Å². The van der Waals surface area contributed by atoms with Crippen LogP contribution in [0.4, 0.5) is 5.69 Å². The summed E-state index contributed by atoms with van der Waals surface area (Å²) in [6.45, 7) is 0.283. The summed E-state index contributed by atoms with van der Waals surface area (Å²) in [5, 5.41) is 12.0. The molecule has 0 bridgehead atoms. The van der Waals surface area contributed by atoms with Gasteiger partial charge in [0.25, 0.3) is 5.69 Å². The van der Waals surface area contributed by atoms with Crippen molar-refractivity contribution < 1.29 is 22.6 Å². The average Bonchev–Trinajstić information content (AvgIpc) is 3.12. The zero-order chi connectivity index (χ0) is 23.6. The van der Waals surface area contributed by atoms with Crippen LogP contribution in [-0.4, -0.2) is 59.2 Å². The second kappa shape index (κ2) is 9.00. The topological polar surface area (TPSA) is 136 Å². The molecule has 12 heteroatoms. The summed E-state index contributed by atoms with van der Waals surface area (Å²) in [5.41, 5.74) is 0.820. The lowest BCUT2D eigenvalue weighted by Gasteiger charge is -2.33. The van der Waals surface area contributed by atoms with Gasteiger partial charge in [-0.25, -0.2) is 13.2 Å². The standard InChI is InChI=1S/C21H20N4O7S/c26-20(15-24-18-7-6-17(25(28)29)14-19(18)32-21(24)27)22-9-11-23(12-10-22)33(30,31)13-8-16-4-2-1-3-5-16/h1-8,13-14H,9-12,15H2/b13-8+. The number of benzene rings is 2. The fourth-order valence-electron chi connectivity index (χ4n) is 3.56. The van der Waals surface area contributed by atoms with E-state index in [-0.39, 0.29) is 55.4 Å². The largest absolute Gasteiger partial charge is 0.420 e. The van der Waals surface area contributed by atoms with Gasteiger partial charge in [0.05, 0.1) is 16.5 Å². The number of carbonyl (C=O) groups excluding carboxylic acids is 1. The molecule has 172 valence electrons. The van der Waals surface area contributed by atoms with Crippen LogP contribution in [0.5, 0.6) is 0 Å². The third-order valence-corrected chi connectivity index (χ3v) is 6.90. The van der Waals surface area contributed by atoms with Crippen molar-refractivity contribution in [2.24, 2.45) is 0 Å². The molecular formula is C21H20N4O7S. The molecule has 3 aromatic rings. The van der Waals surface area contributed by atoms with Crippen LogP contribution in [0.2, 0.25) is 0 Å². The van der Waals surface area contributed by atoms with E-state index >= 15 is 0 Å². The lowest BCUT2D eigenvalue weighted by molar-refractivity contribution is -0.384. The van der Waals surface area contributed by atoms with Crippen LogP contribution in [0.25, 0.3) is 17.2 Å². The summed E-state index contributed by atoms with van der Waals surface area (Å²) in [6.07, 6.45) is 1.52. The number of nitro benzene ring substituents is 1. The Kier molecular flexibility index (Phi) is 6.11. The summed E-state index contributed by atoms with van der Waals surface area (Å²) < 4.78 is 32.6. The molecule has 0 spiro atoms. The van der Waals surface area contributed by atoms with Crippen molar-refractivity contribution in [3.63, 3.8) is 0 Å². The number of nitrogens with zero attached hydrogens (tertiary/aromatic N) is 4. The van der Waals surface area contributed by atoms with Gasteiger partial charge in [0.1, 0.15) is 6.54 Å². The van der Waals surface area contributed by atoms with E-state index < -0.39 is 20.7 Å². The normalized spacial score (nSPS) is 15.3. The molecule has 33 heavy (non-hydrogen) atoms. The number of amides is 1. The van der Waals surface area contributed by atoms with E-state index in [9.17, 15) is 28.1 Å². The number of oxazole rings is 1. The van der Waals surface area contributed by atoms with Crippen LogP contribution in [0.15, 0.2) is 63.2 Å². The number of non-ortho nitro benzene ring substituents is 1. The van der Waals surface area contributed by atoms with Crippen LogP contribution in [0, 0.1) is 10.1 Å². The third-order valence-electron chi connectivity index (χ3n) is 5.34. The molecule has 1 aromatic heterocycles. The molecular weight excluding hydrogens is 452 g/mol. The van der Waals surface area contributed by atoms with Gasteiger partial charge in [0.2, 0.25) is 15.9 Å². The molecule has 0 radical (unpaired) electrons. The predicted molar refractivity (Wildman–Crippen MR) is 120 cm³/mol. The summed E-state index contributed by atoms with van der Waals surface area (Å²) in [7, 11) is -3.64. The highest BCUT2D eigenvalue weighted by atomic mass is 32.2. The van der Waals surface area contributed by atoms with Crippen LogP contribution < -0.4 is 5.76 Å². The van der Waals surface area contributed by atoms with E-state index in [4.69, 9.17) is 4.42 Å². The highest BCUT2D eigenvalue weighted by Gasteiger charge is 2.28. The fourth-order valence-corrected chi connectivity index (χ4v) is 4.73. The van der Waals surface area contributed by atoms with Crippen molar-refractivity contribution in [3.05, 3.63) is 80.2 Å². The van der Waals surface area contributed by atoms with Gasteiger partial charge < -0.3 is 9.32 Å². The Morgan fingerprint density at radius 2 is 1.79 bits per heavy atom. The molecule has 2 heterocycles. The van der Waals surface area contributed by atoms with Gasteiger partial charge in [-0.1, -0.05) is 30.3 Å². The molecule has 2 aromatic carbocycles. The number of carbonyl (C=O) groups is 1. The maximum Gasteiger partial charge on any atom is 0.420 e. The van der Waals surface area contributed by atoms with Gasteiger partial charge in [-0.3, -0.25) is 19.5 Å². The van der Waals surface area contributed by atoms with Gasteiger partial charge in [0.15, 0.2) is 5.58 Å². The van der Waals surface area contributed by atoms with Crippen molar-refractivity contribution in [3.8, 4) is 0 Å². The molecule has 0 saturated carbocycles. The highest BCUT2D eigenvalue weighted by molar-refractivity contribution is 7.92. The van der Waals surface area contributed by atoms with Crippen molar-refractivity contribution in [2.75, 3.05) is 26.2 Å². The molecule has 1 saturated heterocycles. The SMILES string of the molecule is O=C(Cn1c(=O)oc2cc([N+](=O)[O-])ccc21)N1CCN(S(=O)(=O)/C=C/c2ccccc2)CC1. The van der Waals surface area contributed by atoms with Crippen molar-refractivity contribution in [1.82, 2.24) is 13.8 Å². The second-order valence-corrected chi connectivity index (χ2v) is 9.22. The zero-order valence-electron chi connectivity index (χ0n) is 17.4. The number of fused-ring (bicyclic) bond motifs is 1. The number of piperazine rings is 1. The van der Waals surface area contributed by atoms with Crippen molar-refractivity contribution in [2.45, 2.75) is 6.54 Å².